The summed E-state index contributed by atoms with van der Waals surface area (Å²) in [5.74, 6) is 0.654. The smallest absolute Gasteiger partial charge is 0.261 e. The van der Waals surface area contributed by atoms with Crippen LogP contribution in [0.4, 0.5) is 0 Å². The van der Waals surface area contributed by atoms with E-state index in [2.05, 4.69) is 24.4 Å². The van der Waals surface area contributed by atoms with E-state index in [1.54, 1.807) is 0 Å². The maximum atomic E-state index is 12.7. The summed E-state index contributed by atoms with van der Waals surface area (Å²) in [7, 11) is 0. The Bertz CT molecular complexity index is 881. The van der Waals surface area contributed by atoms with Crippen LogP contribution < -0.4 is 10.1 Å². The van der Waals surface area contributed by atoms with Gasteiger partial charge in [-0.25, -0.2) is 0 Å². The van der Waals surface area contributed by atoms with Gasteiger partial charge in [-0.1, -0.05) is 73.2 Å². The van der Waals surface area contributed by atoms with E-state index >= 15 is 0 Å². The number of carbonyl (C=O) groups excluding carboxylic acids is 1. The molecular weight excluding hydrogens is 322 g/mol. The molecule has 26 heavy (non-hydrogen) atoms. The van der Waals surface area contributed by atoms with Crippen molar-refractivity contribution in [2.45, 2.75) is 39.3 Å². The fraction of sp³-hybridized carbons (Fsp3) is 0.261. The zero-order valence-corrected chi connectivity index (χ0v) is 15.5. The fourth-order valence-corrected chi connectivity index (χ4v) is 3.02. The van der Waals surface area contributed by atoms with Gasteiger partial charge in [0.15, 0.2) is 6.10 Å². The molecule has 1 amide bonds. The third-order valence-electron chi connectivity index (χ3n) is 4.62. The summed E-state index contributed by atoms with van der Waals surface area (Å²) < 4.78 is 6.08. The van der Waals surface area contributed by atoms with Crippen molar-refractivity contribution in [3.63, 3.8) is 0 Å². The number of aryl methyl sites for hydroxylation is 1. The highest BCUT2D eigenvalue weighted by molar-refractivity contribution is 5.89. The van der Waals surface area contributed by atoms with Crippen LogP contribution in [0.3, 0.4) is 0 Å². The lowest BCUT2D eigenvalue weighted by molar-refractivity contribution is -0.128. The molecule has 0 aliphatic carbocycles. The summed E-state index contributed by atoms with van der Waals surface area (Å²) in [4.78, 5) is 12.7. The zero-order valence-electron chi connectivity index (χ0n) is 15.5. The van der Waals surface area contributed by atoms with Crippen LogP contribution >= 0.6 is 0 Å². The van der Waals surface area contributed by atoms with Crippen molar-refractivity contribution in [3.05, 3.63) is 77.9 Å². The van der Waals surface area contributed by atoms with E-state index in [-0.39, 0.29) is 11.9 Å². The molecule has 0 heterocycles. The first-order valence-electron chi connectivity index (χ1n) is 9.10. The summed E-state index contributed by atoms with van der Waals surface area (Å²) in [6, 6.07) is 22.1. The van der Waals surface area contributed by atoms with Gasteiger partial charge in [0.2, 0.25) is 0 Å². The maximum absolute atomic E-state index is 12.7. The molecule has 1 N–H and O–H groups in total. The molecule has 134 valence electrons. The van der Waals surface area contributed by atoms with Gasteiger partial charge in [-0.05, 0) is 37.3 Å². The van der Waals surface area contributed by atoms with Gasteiger partial charge < -0.3 is 10.1 Å². The predicted octanol–water partition coefficient (Wildman–Crippen LogP) is 5.18. The first-order chi connectivity index (χ1) is 12.6. The molecule has 3 nitrogen and oxygen atoms in total. The summed E-state index contributed by atoms with van der Waals surface area (Å²) in [5, 5.41) is 5.20. The molecule has 0 unspecified atom stereocenters. The maximum Gasteiger partial charge on any atom is 0.261 e. The number of fused-ring (bicyclic) bond motifs is 1. The van der Waals surface area contributed by atoms with E-state index in [9.17, 15) is 4.79 Å². The first-order valence-corrected chi connectivity index (χ1v) is 9.10. The molecule has 0 saturated heterocycles. The molecule has 2 atom stereocenters. The average molecular weight is 347 g/mol. The molecule has 0 fully saturated rings. The summed E-state index contributed by atoms with van der Waals surface area (Å²) in [6.45, 7) is 6.01. The summed E-state index contributed by atoms with van der Waals surface area (Å²) in [5.41, 5.74) is 2.29. The van der Waals surface area contributed by atoms with Crippen LogP contribution in [0, 0.1) is 6.92 Å². The molecule has 0 saturated carbocycles. The van der Waals surface area contributed by atoms with E-state index < -0.39 is 6.10 Å². The van der Waals surface area contributed by atoms with Crippen molar-refractivity contribution in [3.8, 4) is 5.75 Å². The van der Waals surface area contributed by atoms with Gasteiger partial charge in [0, 0.05) is 5.39 Å². The second-order valence-corrected chi connectivity index (χ2v) is 6.63. The molecule has 0 bridgehead atoms. The number of benzene rings is 3. The Morgan fingerprint density at radius 3 is 2.42 bits per heavy atom. The lowest BCUT2D eigenvalue weighted by atomic mass is 10.1. The number of nitrogens with one attached hydrogen (secondary N) is 1. The largest absolute Gasteiger partial charge is 0.480 e. The molecule has 3 rings (SSSR count). The highest BCUT2D eigenvalue weighted by Gasteiger charge is 2.21. The molecule has 0 aromatic heterocycles. The predicted molar refractivity (Wildman–Crippen MR) is 106 cm³/mol. The third kappa shape index (κ3) is 4.05. The minimum absolute atomic E-state index is 0.0618. The van der Waals surface area contributed by atoms with Crippen LogP contribution in [-0.2, 0) is 4.79 Å². The van der Waals surface area contributed by atoms with Crippen molar-refractivity contribution >= 4 is 16.7 Å². The van der Waals surface area contributed by atoms with Gasteiger partial charge in [-0.3, -0.25) is 4.79 Å². The van der Waals surface area contributed by atoms with Crippen LogP contribution in [0.25, 0.3) is 10.8 Å². The van der Waals surface area contributed by atoms with E-state index in [1.807, 2.05) is 68.4 Å². The Morgan fingerprint density at radius 2 is 1.69 bits per heavy atom. The first kappa shape index (κ1) is 18.0. The number of hydrogen-bond donors (Lipinski definition) is 1. The molecular formula is C23H25NO2. The molecule has 3 aromatic rings. The van der Waals surface area contributed by atoms with E-state index in [0.29, 0.717) is 6.42 Å². The molecule has 0 radical (unpaired) electrons. The van der Waals surface area contributed by atoms with E-state index in [0.717, 1.165) is 22.1 Å². The van der Waals surface area contributed by atoms with Gasteiger partial charge >= 0.3 is 0 Å². The van der Waals surface area contributed by atoms with Gasteiger partial charge in [0.1, 0.15) is 5.75 Å². The fourth-order valence-electron chi connectivity index (χ4n) is 3.02. The number of amides is 1. The quantitative estimate of drug-likeness (QED) is 0.667. The highest BCUT2D eigenvalue weighted by atomic mass is 16.5. The zero-order chi connectivity index (χ0) is 18.5. The number of hydrogen-bond acceptors (Lipinski definition) is 2. The summed E-state index contributed by atoms with van der Waals surface area (Å²) >= 11 is 0. The Labute approximate surface area is 155 Å². The van der Waals surface area contributed by atoms with Crippen molar-refractivity contribution < 1.29 is 9.53 Å². The Kier molecular flexibility index (Phi) is 5.57. The second kappa shape index (κ2) is 8.05. The Hall–Kier alpha value is -2.81. The number of rotatable bonds is 6. The lowest BCUT2D eigenvalue weighted by Gasteiger charge is -2.21. The molecule has 3 heteroatoms. The number of carbonyl (C=O) groups is 1. The van der Waals surface area contributed by atoms with Gasteiger partial charge in [0.05, 0.1) is 6.04 Å². The van der Waals surface area contributed by atoms with Crippen LogP contribution in [0.5, 0.6) is 5.75 Å². The van der Waals surface area contributed by atoms with E-state index in [4.69, 9.17) is 4.74 Å². The molecule has 0 aliphatic heterocycles. The molecule has 0 aliphatic rings. The standard InChI is InChI=1S/C23H25NO2/c1-4-21(23(25)24-17(3)18-14-12-16(2)13-15-18)26-22-11-7-9-19-8-5-6-10-20(19)22/h5-15,17,21H,4H2,1-3H3,(H,24,25)/t17-,21+/m1/s1. The highest BCUT2D eigenvalue weighted by Crippen LogP contribution is 2.26. The SMILES string of the molecule is CC[C@H](Oc1cccc2ccccc12)C(=O)N[C@H](C)c1ccc(C)cc1. The second-order valence-electron chi connectivity index (χ2n) is 6.63. The van der Waals surface area contributed by atoms with Gasteiger partial charge in [0.25, 0.3) is 5.91 Å². The number of ether oxygens (including phenoxy) is 1. The lowest BCUT2D eigenvalue weighted by Crippen LogP contribution is -2.39. The minimum atomic E-state index is -0.520. The van der Waals surface area contributed by atoms with Crippen molar-refractivity contribution in [2.75, 3.05) is 0 Å². The van der Waals surface area contributed by atoms with Crippen LogP contribution in [-0.4, -0.2) is 12.0 Å². The third-order valence-corrected chi connectivity index (χ3v) is 4.62. The van der Waals surface area contributed by atoms with Crippen LogP contribution in [0.15, 0.2) is 66.7 Å². The van der Waals surface area contributed by atoms with Gasteiger partial charge in [-0.2, -0.15) is 0 Å². The average Bonchev–Trinajstić information content (AvgIpc) is 2.66. The minimum Gasteiger partial charge on any atom is -0.480 e. The van der Waals surface area contributed by atoms with Crippen molar-refractivity contribution in [1.82, 2.24) is 5.32 Å². The summed E-state index contributed by atoms with van der Waals surface area (Å²) in [6.07, 6.45) is 0.0871. The van der Waals surface area contributed by atoms with E-state index in [1.165, 1.54) is 5.56 Å². The van der Waals surface area contributed by atoms with Crippen molar-refractivity contribution in [2.24, 2.45) is 0 Å². The monoisotopic (exact) mass is 347 g/mol. The Balaban J connectivity index is 1.73. The van der Waals surface area contributed by atoms with Gasteiger partial charge in [-0.15, -0.1) is 0 Å². The normalized spacial score (nSPS) is 13.2. The topological polar surface area (TPSA) is 38.3 Å². The van der Waals surface area contributed by atoms with Crippen LogP contribution in [0.1, 0.15) is 37.4 Å². The van der Waals surface area contributed by atoms with Crippen molar-refractivity contribution in [1.29, 1.82) is 0 Å². The molecule has 0 spiro atoms. The van der Waals surface area contributed by atoms with Crippen LogP contribution in [0.2, 0.25) is 0 Å². The molecule has 3 aromatic carbocycles. The Morgan fingerprint density at radius 1 is 1.00 bits per heavy atom.